The van der Waals surface area contributed by atoms with Crippen molar-refractivity contribution < 1.29 is 15.1 Å². The van der Waals surface area contributed by atoms with Crippen LogP contribution in [0.1, 0.15) is 30.6 Å². The SMILES string of the molecule is CC(Cc1ccc(O)c(O)c1)C1=NOC(c2cccc(Cl)c2)C1. The second kappa shape index (κ2) is 6.50. The third-order valence-electron chi connectivity index (χ3n) is 4.06. The molecule has 0 saturated heterocycles. The van der Waals surface area contributed by atoms with Crippen LogP contribution in [0.2, 0.25) is 5.02 Å². The van der Waals surface area contributed by atoms with E-state index in [0.717, 1.165) is 29.7 Å². The van der Waals surface area contributed by atoms with E-state index in [9.17, 15) is 10.2 Å². The number of halogens is 1. The fourth-order valence-electron chi connectivity index (χ4n) is 2.74. The molecule has 2 aromatic rings. The smallest absolute Gasteiger partial charge is 0.157 e. The predicted octanol–water partition coefficient (Wildman–Crippen LogP) is 4.45. The molecule has 0 aliphatic carbocycles. The zero-order chi connectivity index (χ0) is 16.4. The number of aromatic hydroxyl groups is 2. The van der Waals surface area contributed by atoms with Gasteiger partial charge in [-0.3, -0.25) is 0 Å². The lowest BCUT2D eigenvalue weighted by molar-refractivity contribution is 0.0857. The predicted molar refractivity (Wildman–Crippen MR) is 90.0 cm³/mol. The molecule has 1 aliphatic rings. The number of rotatable bonds is 4. The molecule has 1 heterocycles. The first-order chi connectivity index (χ1) is 11.0. The molecule has 0 bridgehead atoms. The topological polar surface area (TPSA) is 62.0 Å². The highest BCUT2D eigenvalue weighted by molar-refractivity contribution is 6.30. The molecule has 0 aromatic heterocycles. The van der Waals surface area contributed by atoms with E-state index in [1.165, 1.54) is 6.07 Å². The summed E-state index contributed by atoms with van der Waals surface area (Å²) in [5.41, 5.74) is 2.95. The van der Waals surface area contributed by atoms with Crippen LogP contribution in [0.4, 0.5) is 0 Å². The van der Waals surface area contributed by atoms with Gasteiger partial charge >= 0.3 is 0 Å². The third kappa shape index (κ3) is 3.59. The first-order valence-electron chi connectivity index (χ1n) is 7.52. The van der Waals surface area contributed by atoms with Crippen LogP contribution in [0.25, 0.3) is 0 Å². The van der Waals surface area contributed by atoms with E-state index < -0.39 is 0 Å². The van der Waals surface area contributed by atoms with Gasteiger partial charge < -0.3 is 15.1 Å². The maximum Gasteiger partial charge on any atom is 0.157 e. The summed E-state index contributed by atoms with van der Waals surface area (Å²) in [7, 11) is 0. The zero-order valence-electron chi connectivity index (χ0n) is 12.7. The molecule has 0 radical (unpaired) electrons. The van der Waals surface area contributed by atoms with Crippen LogP contribution in [-0.2, 0) is 11.3 Å². The Morgan fingerprint density at radius 1 is 1.22 bits per heavy atom. The fraction of sp³-hybridized carbons (Fsp3) is 0.278. The molecule has 0 spiro atoms. The van der Waals surface area contributed by atoms with Gasteiger partial charge in [0, 0.05) is 17.4 Å². The van der Waals surface area contributed by atoms with Gasteiger partial charge in [0.05, 0.1) is 5.71 Å². The van der Waals surface area contributed by atoms with Gasteiger partial charge in [-0.15, -0.1) is 0 Å². The third-order valence-corrected chi connectivity index (χ3v) is 4.30. The highest BCUT2D eigenvalue weighted by Gasteiger charge is 2.26. The summed E-state index contributed by atoms with van der Waals surface area (Å²) in [6.45, 7) is 2.08. The quantitative estimate of drug-likeness (QED) is 0.814. The zero-order valence-corrected chi connectivity index (χ0v) is 13.5. The monoisotopic (exact) mass is 331 g/mol. The summed E-state index contributed by atoms with van der Waals surface area (Å²) < 4.78 is 0. The standard InChI is InChI=1S/C18H18ClNO3/c1-11(7-12-5-6-16(21)17(22)8-12)15-10-18(23-20-15)13-3-2-4-14(19)9-13/h2-6,8-9,11,18,21-22H,7,10H2,1H3. The first-order valence-corrected chi connectivity index (χ1v) is 7.89. The summed E-state index contributed by atoms with van der Waals surface area (Å²) >= 11 is 6.02. The lowest BCUT2D eigenvalue weighted by Crippen LogP contribution is -2.12. The van der Waals surface area contributed by atoms with E-state index >= 15 is 0 Å². The molecule has 120 valence electrons. The van der Waals surface area contributed by atoms with Gasteiger partial charge in [0.1, 0.15) is 0 Å². The molecule has 0 fully saturated rings. The Labute approximate surface area is 140 Å². The maximum absolute atomic E-state index is 9.58. The van der Waals surface area contributed by atoms with Crippen molar-refractivity contribution >= 4 is 17.3 Å². The molecule has 4 nitrogen and oxygen atoms in total. The van der Waals surface area contributed by atoms with Crippen molar-refractivity contribution in [2.24, 2.45) is 11.1 Å². The highest BCUT2D eigenvalue weighted by Crippen LogP contribution is 2.32. The lowest BCUT2D eigenvalue weighted by Gasteiger charge is -2.12. The molecular formula is C18H18ClNO3. The van der Waals surface area contributed by atoms with Crippen molar-refractivity contribution in [3.8, 4) is 11.5 Å². The number of phenols is 2. The van der Waals surface area contributed by atoms with Gasteiger partial charge in [-0.2, -0.15) is 0 Å². The Bertz CT molecular complexity index is 745. The molecule has 2 aromatic carbocycles. The molecule has 1 aliphatic heterocycles. The van der Waals surface area contributed by atoms with E-state index in [-0.39, 0.29) is 23.5 Å². The fourth-order valence-corrected chi connectivity index (χ4v) is 2.94. The Kier molecular flexibility index (Phi) is 4.44. The van der Waals surface area contributed by atoms with Crippen LogP contribution in [0.15, 0.2) is 47.6 Å². The van der Waals surface area contributed by atoms with Crippen molar-refractivity contribution in [1.82, 2.24) is 0 Å². The van der Waals surface area contributed by atoms with Gasteiger partial charge in [0.15, 0.2) is 17.6 Å². The Balaban J connectivity index is 1.65. The number of oxime groups is 1. The Morgan fingerprint density at radius 3 is 2.78 bits per heavy atom. The van der Waals surface area contributed by atoms with Crippen molar-refractivity contribution in [2.45, 2.75) is 25.9 Å². The van der Waals surface area contributed by atoms with Crippen molar-refractivity contribution in [1.29, 1.82) is 0 Å². The first kappa shape index (κ1) is 15.7. The van der Waals surface area contributed by atoms with E-state index in [0.29, 0.717) is 5.02 Å². The largest absolute Gasteiger partial charge is 0.504 e. The second-order valence-corrected chi connectivity index (χ2v) is 6.30. The molecule has 2 unspecified atom stereocenters. The summed E-state index contributed by atoms with van der Waals surface area (Å²) in [4.78, 5) is 5.55. The Hall–Kier alpha value is -2.20. The van der Waals surface area contributed by atoms with Gasteiger partial charge in [0.25, 0.3) is 0 Å². The average molecular weight is 332 g/mol. The normalized spacial score (nSPS) is 18.3. The molecular weight excluding hydrogens is 314 g/mol. The van der Waals surface area contributed by atoms with Gasteiger partial charge in [0.2, 0.25) is 0 Å². The highest BCUT2D eigenvalue weighted by atomic mass is 35.5. The van der Waals surface area contributed by atoms with Crippen molar-refractivity contribution in [3.63, 3.8) is 0 Å². The second-order valence-electron chi connectivity index (χ2n) is 5.86. The number of hydrogen-bond donors (Lipinski definition) is 2. The van der Waals surface area contributed by atoms with Crippen molar-refractivity contribution in [2.75, 3.05) is 0 Å². The summed E-state index contributed by atoms with van der Waals surface area (Å²) in [6, 6.07) is 12.5. The van der Waals surface area contributed by atoms with E-state index in [4.69, 9.17) is 16.4 Å². The van der Waals surface area contributed by atoms with E-state index in [1.54, 1.807) is 12.1 Å². The average Bonchev–Trinajstić information content (AvgIpc) is 3.01. The van der Waals surface area contributed by atoms with Crippen LogP contribution in [0.5, 0.6) is 11.5 Å². The van der Waals surface area contributed by atoms with Crippen LogP contribution in [0, 0.1) is 5.92 Å². The molecule has 0 saturated carbocycles. The minimum atomic E-state index is -0.107. The molecule has 2 atom stereocenters. The van der Waals surface area contributed by atoms with Gasteiger partial charge in [-0.25, -0.2) is 0 Å². The Morgan fingerprint density at radius 2 is 2.04 bits per heavy atom. The maximum atomic E-state index is 9.58. The van der Waals surface area contributed by atoms with Crippen LogP contribution in [0.3, 0.4) is 0 Å². The molecule has 5 heteroatoms. The minimum Gasteiger partial charge on any atom is -0.504 e. The molecule has 23 heavy (non-hydrogen) atoms. The van der Waals surface area contributed by atoms with Crippen molar-refractivity contribution in [3.05, 3.63) is 58.6 Å². The summed E-state index contributed by atoms with van der Waals surface area (Å²) in [6.07, 6.45) is 1.35. The van der Waals surface area contributed by atoms with E-state index in [1.807, 2.05) is 24.3 Å². The van der Waals surface area contributed by atoms with Crippen LogP contribution in [-0.4, -0.2) is 15.9 Å². The summed E-state index contributed by atoms with van der Waals surface area (Å²) in [5, 5.41) is 23.9. The van der Waals surface area contributed by atoms with Crippen LogP contribution < -0.4 is 0 Å². The number of hydrogen-bond acceptors (Lipinski definition) is 4. The van der Waals surface area contributed by atoms with Crippen LogP contribution >= 0.6 is 11.6 Å². The number of nitrogens with zero attached hydrogens (tertiary/aromatic N) is 1. The van der Waals surface area contributed by atoms with E-state index in [2.05, 4.69) is 12.1 Å². The molecule has 3 rings (SSSR count). The lowest BCUT2D eigenvalue weighted by atomic mass is 9.92. The number of benzene rings is 2. The molecule has 2 N–H and O–H groups in total. The van der Waals surface area contributed by atoms with Gasteiger partial charge in [-0.1, -0.05) is 41.9 Å². The van der Waals surface area contributed by atoms with Gasteiger partial charge in [-0.05, 0) is 41.8 Å². The summed E-state index contributed by atoms with van der Waals surface area (Å²) in [5.74, 6) is -0.0248. The molecule has 0 amide bonds. The minimum absolute atomic E-state index is 0.0978. The number of phenolic OH excluding ortho intramolecular Hbond substituents is 2.